The summed E-state index contributed by atoms with van der Waals surface area (Å²) >= 11 is 8.16. The first-order valence-electron chi connectivity index (χ1n) is 5.77. The normalized spacial score (nSPS) is 9.76. The minimum atomic E-state index is -0.507. The van der Waals surface area contributed by atoms with Crippen molar-refractivity contribution in [1.29, 1.82) is 0 Å². The van der Waals surface area contributed by atoms with E-state index in [0.717, 1.165) is 0 Å². The van der Waals surface area contributed by atoms with Gasteiger partial charge < -0.3 is 4.42 Å². The number of halogens is 1. The molecule has 0 aliphatic carbocycles. The van der Waals surface area contributed by atoms with E-state index in [4.69, 9.17) is 16.6 Å². The Hall–Kier alpha value is -2.19. The van der Waals surface area contributed by atoms with Crippen molar-refractivity contribution in [3.63, 3.8) is 0 Å². The molecule has 1 aromatic heterocycles. The van der Waals surface area contributed by atoms with Gasteiger partial charge in [0.1, 0.15) is 0 Å². The van der Waals surface area contributed by atoms with E-state index in [1.165, 1.54) is 12.3 Å². The summed E-state index contributed by atoms with van der Waals surface area (Å²) in [6, 6.07) is 9.99. The summed E-state index contributed by atoms with van der Waals surface area (Å²) in [4.78, 5) is 23.5. The van der Waals surface area contributed by atoms with Gasteiger partial charge in [0, 0.05) is 4.47 Å². The maximum atomic E-state index is 11.9. The molecule has 0 aliphatic heterocycles. The second-order valence-electron chi connectivity index (χ2n) is 3.82. The molecule has 0 saturated carbocycles. The van der Waals surface area contributed by atoms with Crippen LogP contribution < -0.4 is 16.2 Å². The van der Waals surface area contributed by atoms with Crippen molar-refractivity contribution in [1.82, 2.24) is 16.2 Å². The van der Waals surface area contributed by atoms with Crippen molar-refractivity contribution in [3.8, 4) is 0 Å². The molecule has 0 radical (unpaired) electrons. The van der Waals surface area contributed by atoms with Gasteiger partial charge in [-0.05, 0) is 52.4 Å². The molecule has 0 spiro atoms. The quantitative estimate of drug-likeness (QED) is 0.558. The minimum absolute atomic E-state index is 0.0446. The summed E-state index contributed by atoms with van der Waals surface area (Å²) in [5, 5.41) is 2.32. The van der Waals surface area contributed by atoms with Gasteiger partial charge in [-0.25, -0.2) is 0 Å². The topological polar surface area (TPSA) is 83.4 Å². The average Bonchev–Trinajstić information content (AvgIpc) is 2.99. The molecule has 1 heterocycles. The maximum absolute atomic E-state index is 11.9. The molecule has 2 rings (SSSR count). The Labute approximate surface area is 134 Å². The third kappa shape index (κ3) is 4.14. The Kier molecular flexibility index (Phi) is 5.07. The summed E-state index contributed by atoms with van der Waals surface area (Å²) < 4.78 is 5.56. The van der Waals surface area contributed by atoms with Gasteiger partial charge in [0.05, 0.1) is 11.8 Å². The lowest BCUT2D eigenvalue weighted by Crippen LogP contribution is -2.48. The van der Waals surface area contributed by atoms with Crippen LogP contribution in [0.1, 0.15) is 20.9 Å². The molecule has 2 amide bonds. The smallest absolute Gasteiger partial charge is 0.293 e. The summed E-state index contributed by atoms with van der Waals surface area (Å²) in [7, 11) is 0. The van der Waals surface area contributed by atoms with Crippen molar-refractivity contribution in [2.75, 3.05) is 0 Å². The Morgan fingerprint density at radius 3 is 2.48 bits per heavy atom. The number of carbonyl (C=O) groups is 2. The molecule has 1 aromatic carbocycles. The molecule has 2 aromatic rings. The molecule has 0 unspecified atom stereocenters. The van der Waals surface area contributed by atoms with E-state index in [1.807, 2.05) is 0 Å². The Bertz CT molecular complexity index is 673. The molecule has 6 nitrogen and oxygen atoms in total. The zero-order chi connectivity index (χ0) is 15.2. The number of benzene rings is 1. The molecular formula is C13H10BrN3O3S. The minimum Gasteiger partial charge on any atom is -0.459 e. The molecule has 0 saturated heterocycles. The number of furan rings is 1. The van der Waals surface area contributed by atoms with Gasteiger partial charge in [-0.15, -0.1) is 0 Å². The molecule has 21 heavy (non-hydrogen) atoms. The van der Waals surface area contributed by atoms with Crippen LogP contribution in [-0.2, 0) is 0 Å². The Morgan fingerprint density at radius 2 is 1.81 bits per heavy atom. The summed E-state index contributed by atoms with van der Waals surface area (Å²) in [5.74, 6) is -0.777. The lowest BCUT2D eigenvalue weighted by Gasteiger charge is -2.10. The third-order valence-electron chi connectivity index (χ3n) is 2.38. The first kappa shape index (κ1) is 15.2. The number of nitrogens with one attached hydrogen (secondary N) is 3. The molecule has 8 heteroatoms. The second-order valence-corrected chi connectivity index (χ2v) is 5.08. The fourth-order valence-electron chi connectivity index (χ4n) is 1.43. The molecule has 108 valence electrons. The van der Waals surface area contributed by atoms with Crippen LogP contribution in [0.25, 0.3) is 0 Å². The van der Waals surface area contributed by atoms with Gasteiger partial charge in [0.25, 0.3) is 11.8 Å². The summed E-state index contributed by atoms with van der Waals surface area (Å²) in [6.45, 7) is 0. The molecule has 0 bridgehead atoms. The highest BCUT2D eigenvalue weighted by atomic mass is 79.9. The Balaban J connectivity index is 1.86. The summed E-state index contributed by atoms with van der Waals surface area (Å²) in [6.07, 6.45) is 1.38. The predicted octanol–water partition coefficient (Wildman–Crippen LogP) is 1.99. The van der Waals surface area contributed by atoms with Gasteiger partial charge in [0.15, 0.2) is 10.9 Å². The van der Waals surface area contributed by atoms with Gasteiger partial charge in [0.2, 0.25) is 0 Å². The van der Waals surface area contributed by atoms with Gasteiger partial charge in [-0.1, -0.05) is 12.1 Å². The van der Waals surface area contributed by atoms with Crippen molar-refractivity contribution in [2.45, 2.75) is 0 Å². The van der Waals surface area contributed by atoms with Crippen LogP contribution in [0, 0.1) is 0 Å². The van der Waals surface area contributed by atoms with Gasteiger partial charge >= 0.3 is 0 Å². The lowest BCUT2D eigenvalue weighted by molar-refractivity contribution is 0.0926. The van der Waals surface area contributed by atoms with E-state index in [0.29, 0.717) is 10.0 Å². The molecule has 0 aliphatic rings. The highest BCUT2D eigenvalue weighted by Gasteiger charge is 2.12. The molecular weight excluding hydrogens is 358 g/mol. The average molecular weight is 368 g/mol. The van der Waals surface area contributed by atoms with E-state index in [2.05, 4.69) is 32.1 Å². The highest BCUT2D eigenvalue weighted by Crippen LogP contribution is 2.15. The van der Waals surface area contributed by atoms with Crippen LogP contribution in [0.2, 0.25) is 0 Å². The van der Waals surface area contributed by atoms with Crippen molar-refractivity contribution >= 4 is 45.1 Å². The van der Waals surface area contributed by atoms with Crippen LogP contribution >= 0.6 is 28.1 Å². The molecule has 0 fully saturated rings. The van der Waals surface area contributed by atoms with Crippen LogP contribution in [0.5, 0.6) is 0 Å². The second kappa shape index (κ2) is 7.00. The molecule has 0 atom stereocenters. The SMILES string of the molecule is O=C(NC(=S)NNC(=O)c1ccccc1Br)c1ccco1. The fourth-order valence-corrected chi connectivity index (χ4v) is 2.04. The van der Waals surface area contributed by atoms with Crippen molar-refractivity contribution in [2.24, 2.45) is 0 Å². The maximum Gasteiger partial charge on any atom is 0.293 e. The number of hydrogen-bond donors (Lipinski definition) is 3. The Morgan fingerprint density at radius 1 is 1.05 bits per heavy atom. The molecule has 3 N–H and O–H groups in total. The third-order valence-corrected chi connectivity index (χ3v) is 3.28. The van der Waals surface area contributed by atoms with E-state index >= 15 is 0 Å². The first-order valence-corrected chi connectivity index (χ1v) is 6.98. The van der Waals surface area contributed by atoms with Gasteiger partial charge in [-0.2, -0.15) is 0 Å². The fraction of sp³-hybridized carbons (Fsp3) is 0. The van der Waals surface area contributed by atoms with E-state index < -0.39 is 11.8 Å². The van der Waals surface area contributed by atoms with Gasteiger partial charge in [-0.3, -0.25) is 25.8 Å². The number of amides is 2. The zero-order valence-electron chi connectivity index (χ0n) is 10.6. The first-order chi connectivity index (χ1) is 10.1. The number of thiocarbonyl (C=S) groups is 1. The lowest BCUT2D eigenvalue weighted by atomic mass is 10.2. The highest BCUT2D eigenvalue weighted by molar-refractivity contribution is 9.10. The number of carbonyl (C=O) groups excluding carboxylic acids is 2. The zero-order valence-corrected chi connectivity index (χ0v) is 13.0. The van der Waals surface area contributed by atoms with Crippen LogP contribution in [0.15, 0.2) is 51.6 Å². The van der Waals surface area contributed by atoms with E-state index in [1.54, 1.807) is 30.3 Å². The van der Waals surface area contributed by atoms with E-state index in [9.17, 15) is 9.59 Å². The number of hydrogen-bond acceptors (Lipinski definition) is 4. The number of rotatable bonds is 2. The van der Waals surface area contributed by atoms with Crippen molar-refractivity contribution < 1.29 is 14.0 Å². The predicted molar refractivity (Wildman–Crippen MR) is 83.5 cm³/mol. The van der Waals surface area contributed by atoms with Crippen LogP contribution in [-0.4, -0.2) is 16.9 Å². The van der Waals surface area contributed by atoms with Crippen LogP contribution in [0.3, 0.4) is 0 Å². The largest absolute Gasteiger partial charge is 0.459 e. The van der Waals surface area contributed by atoms with Crippen molar-refractivity contribution in [3.05, 3.63) is 58.5 Å². The van der Waals surface area contributed by atoms with Crippen LogP contribution in [0.4, 0.5) is 0 Å². The van der Waals surface area contributed by atoms with E-state index in [-0.39, 0.29) is 10.9 Å². The number of hydrazine groups is 1. The monoisotopic (exact) mass is 367 g/mol. The summed E-state index contributed by atoms with van der Waals surface area (Å²) in [5.41, 5.74) is 5.26. The standard InChI is InChI=1S/C13H10BrN3O3S/c14-9-5-2-1-4-8(9)11(18)16-17-13(21)15-12(19)10-6-3-7-20-10/h1-7H,(H,16,18)(H2,15,17,19,21).